The zero-order chi connectivity index (χ0) is 18.8. The smallest absolute Gasteiger partial charge is 0.127 e. The fraction of sp³-hybridized carbons (Fsp3) is 0.455. The minimum absolute atomic E-state index is 0.144. The highest BCUT2D eigenvalue weighted by Crippen LogP contribution is 2.24. The van der Waals surface area contributed by atoms with Crippen molar-refractivity contribution in [3.05, 3.63) is 70.5 Å². The van der Waals surface area contributed by atoms with Gasteiger partial charge >= 0.3 is 0 Å². The summed E-state index contributed by atoms with van der Waals surface area (Å²) in [5.41, 5.74) is 3.02. The van der Waals surface area contributed by atoms with E-state index in [1.807, 2.05) is 7.05 Å². The average molecular weight is 343 g/mol. The largest absolute Gasteiger partial charge is 0.386 e. The van der Waals surface area contributed by atoms with Crippen LogP contribution >= 0.6 is 0 Å². The molecule has 136 valence electrons. The minimum Gasteiger partial charge on any atom is -0.386 e. The third-order valence-corrected chi connectivity index (χ3v) is 4.46. The molecule has 2 aromatic carbocycles. The molecule has 0 aromatic heterocycles. The second-order valence-electron chi connectivity index (χ2n) is 8.48. The van der Waals surface area contributed by atoms with Gasteiger partial charge in [0.15, 0.2) is 0 Å². The normalized spacial score (nSPS) is 12.7. The summed E-state index contributed by atoms with van der Waals surface area (Å²) in [5.74, 6) is -0.233. The van der Waals surface area contributed by atoms with E-state index in [1.165, 1.54) is 17.2 Å². The van der Waals surface area contributed by atoms with E-state index < -0.39 is 5.60 Å². The van der Waals surface area contributed by atoms with Gasteiger partial charge in [-0.15, -0.1) is 0 Å². The van der Waals surface area contributed by atoms with Crippen LogP contribution in [-0.4, -0.2) is 17.1 Å². The van der Waals surface area contributed by atoms with Gasteiger partial charge in [0, 0.05) is 18.7 Å². The first-order chi connectivity index (χ1) is 11.5. The van der Waals surface area contributed by atoms with E-state index in [9.17, 15) is 9.50 Å². The fourth-order valence-corrected chi connectivity index (χ4v) is 2.84. The molecule has 0 saturated carbocycles. The lowest BCUT2D eigenvalue weighted by Crippen LogP contribution is -2.20. The first-order valence-corrected chi connectivity index (χ1v) is 8.76. The van der Waals surface area contributed by atoms with E-state index in [2.05, 4.69) is 49.9 Å². The number of nitrogens with zero attached hydrogens (tertiary/aromatic N) is 1. The molecule has 0 fully saturated rings. The molecule has 2 rings (SSSR count). The van der Waals surface area contributed by atoms with Gasteiger partial charge in [-0.1, -0.05) is 51.1 Å². The van der Waals surface area contributed by atoms with Crippen LogP contribution in [0.1, 0.15) is 56.9 Å². The van der Waals surface area contributed by atoms with Gasteiger partial charge in [-0.25, -0.2) is 4.39 Å². The minimum atomic E-state index is -0.968. The Morgan fingerprint density at radius 3 is 1.96 bits per heavy atom. The van der Waals surface area contributed by atoms with Gasteiger partial charge in [-0.2, -0.15) is 0 Å². The maximum Gasteiger partial charge on any atom is 0.127 e. The van der Waals surface area contributed by atoms with Crippen LogP contribution in [-0.2, 0) is 24.1 Å². The molecule has 2 aromatic rings. The molecule has 0 saturated heterocycles. The summed E-state index contributed by atoms with van der Waals surface area (Å²) in [6, 6.07) is 13.5. The summed E-state index contributed by atoms with van der Waals surface area (Å²) in [5, 5.41) is 10.1. The standard InChI is InChI=1S/C22H30FNO/c1-21(2,3)18-9-7-16(8-10-18)14-24(6)15-17-13-19(22(4,5)25)11-12-20(17)23/h7-13,25H,14-15H2,1-6H3. The molecule has 2 nitrogen and oxygen atoms in total. The first kappa shape index (κ1) is 19.6. The maximum absolute atomic E-state index is 14.1. The van der Waals surface area contributed by atoms with Gasteiger partial charge in [0.05, 0.1) is 5.60 Å². The Labute approximate surface area is 151 Å². The SMILES string of the molecule is CN(Cc1ccc(C(C)(C)C)cc1)Cc1cc(C(C)(C)O)ccc1F. The van der Waals surface area contributed by atoms with Crippen molar-refractivity contribution in [1.82, 2.24) is 4.90 Å². The highest BCUT2D eigenvalue weighted by molar-refractivity contribution is 5.29. The molecule has 0 aliphatic carbocycles. The predicted octanol–water partition coefficient (Wildman–Crippen LogP) is 4.98. The van der Waals surface area contributed by atoms with E-state index >= 15 is 0 Å². The van der Waals surface area contributed by atoms with Gasteiger partial charge in [-0.05, 0) is 55.1 Å². The number of hydrogen-bond acceptors (Lipinski definition) is 2. The Morgan fingerprint density at radius 2 is 1.44 bits per heavy atom. The third-order valence-electron chi connectivity index (χ3n) is 4.46. The monoisotopic (exact) mass is 343 g/mol. The van der Waals surface area contributed by atoms with E-state index in [0.717, 1.165) is 12.1 Å². The van der Waals surface area contributed by atoms with E-state index in [-0.39, 0.29) is 11.2 Å². The van der Waals surface area contributed by atoms with Gasteiger partial charge in [-0.3, -0.25) is 4.90 Å². The van der Waals surface area contributed by atoms with Crippen LogP contribution in [0, 0.1) is 5.82 Å². The van der Waals surface area contributed by atoms with Crippen molar-refractivity contribution in [2.24, 2.45) is 0 Å². The van der Waals surface area contributed by atoms with E-state index in [4.69, 9.17) is 0 Å². The van der Waals surface area contributed by atoms with Gasteiger partial charge in [0.25, 0.3) is 0 Å². The van der Waals surface area contributed by atoms with Crippen LogP contribution < -0.4 is 0 Å². The predicted molar refractivity (Wildman–Crippen MR) is 102 cm³/mol. The lowest BCUT2D eigenvalue weighted by molar-refractivity contribution is 0.0783. The Bertz CT molecular complexity index is 708. The molecule has 1 N–H and O–H groups in total. The molecule has 0 unspecified atom stereocenters. The fourth-order valence-electron chi connectivity index (χ4n) is 2.84. The lowest BCUT2D eigenvalue weighted by atomic mass is 9.87. The van der Waals surface area contributed by atoms with Crippen molar-refractivity contribution < 1.29 is 9.50 Å². The molecule has 0 aliphatic heterocycles. The summed E-state index contributed by atoms with van der Waals surface area (Å²) in [7, 11) is 1.98. The molecule has 0 amide bonds. The van der Waals surface area contributed by atoms with Crippen molar-refractivity contribution in [1.29, 1.82) is 0 Å². The second-order valence-corrected chi connectivity index (χ2v) is 8.48. The highest BCUT2D eigenvalue weighted by Gasteiger charge is 2.18. The van der Waals surface area contributed by atoms with Crippen molar-refractivity contribution in [2.75, 3.05) is 7.05 Å². The van der Waals surface area contributed by atoms with Gasteiger partial charge < -0.3 is 5.11 Å². The number of aliphatic hydroxyl groups is 1. The molecule has 0 atom stereocenters. The van der Waals surface area contributed by atoms with Crippen LogP contribution in [0.3, 0.4) is 0 Å². The number of benzene rings is 2. The van der Waals surface area contributed by atoms with Crippen molar-refractivity contribution in [3.8, 4) is 0 Å². The second kappa shape index (κ2) is 7.27. The highest BCUT2D eigenvalue weighted by atomic mass is 19.1. The lowest BCUT2D eigenvalue weighted by Gasteiger charge is -2.22. The Balaban J connectivity index is 2.09. The molecule has 0 aliphatic rings. The third kappa shape index (κ3) is 5.38. The molecule has 0 heterocycles. The van der Waals surface area contributed by atoms with Crippen LogP contribution in [0.5, 0.6) is 0 Å². The molecular formula is C22H30FNO. The van der Waals surface area contributed by atoms with Crippen LogP contribution in [0.2, 0.25) is 0 Å². The quantitative estimate of drug-likeness (QED) is 0.827. The topological polar surface area (TPSA) is 23.5 Å². The zero-order valence-corrected chi connectivity index (χ0v) is 16.2. The molecule has 25 heavy (non-hydrogen) atoms. The number of rotatable bonds is 5. The summed E-state index contributed by atoms with van der Waals surface area (Å²) in [6.45, 7) is 11.3. The van der Waals surface area contributed by atoms with Crippen LogP contribution in [0.25, 0.3) is 0 Å². The van der Waals surface area contributed by atoms with Crippen molar-refractivity contribution >= 4 is 0 Å². The zero-order valence-electron chi connectivity index (χ0n) is 16.2. The Hall–Kier alpha value is -1.71. The molecule has 3 heteroatoms. The molecular weight excluding hydrogens is 313 g/mol. The van der Waals surface area contributed by atoms with Crippen molar-refractivity contribution in [2.45, 2.75) is 58.7 Å². The number of hydrogen-bond donors (Lipinski definition) is 1. The molecule has 0 spiro atoms. The molecule has 0 bridgehead atoms. The summed E-state index contributed by atoms with van der Waals surface area (Å²) < 4.78 is 14.1. The van der Waals surface area contributed by atoms with Gasteiger partial charge in [0.2, 0.25) is 0 Å². The average Bonchev–Trinajstić information content (AvgIpc) is 2.48. The number of halogens is 1. The summed E-state index contributed by atoms with van der Waals surface area (Å²) in [4.78, 5) is 2.08. The van der Waals surface area contributed by atoms with Gasteiger partial charge in [0.1, 0.15) is 5.82 Å². The van der Waals surface area contributed by atoms with Crippen LogP contribution in [0.4, 0.5) is 4.39 Å². The Kier molecular flexibility index (Phi) is 5.70. The maximum atomic E-state index is 14.1. The van der Waals surface area contributed by atoms with Crippen LogP contribution in [0.15, 0.2) is 42.5 Å². The summed E-state index contributed by atoms with van der Waals surface area (Å²) >= 11 is 0. The van der Waals surface area contributed by atoms with E-state index in [1.54, 1.807) is 26.0 Å². The van der Waals surface area contributed by atoms with E-state index in [0.29, 0.717) is 12.1 Å². The summed E-state index contributed by atoms with van der Waals surface area (Å²) in [6.07, 6.45) is 0. The first-order valence-electron chi connectivity index (χ1n) is 8.76. The van der Waals surface area contributed by atoms with Crippen molar-refractivity contribution in [3.63, 3.8) is 0 Å². The Morgan fingerprint density at radius 1 is 0.880 bits per heavy atom. The molecule has 0 radical (unpaired) electrons.